The van der Waals surface area contributed by atoms with Gasteiger partial charge in [-0.1, -0.05) is 30.3 Å². The molecule has 0 aromatic heterocycles. The molecular formula is C13H18N2O2S. The lowest BCUT2D eigenvalue weighted by atomic mass is 10.1. The van der Waals surface area contributed by atoms with Crippen molar-refractivity contribution in [3.8, 4) is 0 Å². The van der Waals surface area contributed by atoms with Gasteiger partial charge in [0.2, 0.25) is 0 Å². The van der Waals surface area contributed by atoms with Crippen molar-refractivity contribution >= 4 is 10.2 Å². The Balaban J connectivity index is 1.80. The van der Waals surface area contributed by atoms with Gasteiger partial charge >= 0.3 is 0 Å². The Morgan fingerprint density at radius 1 is 1.06 bits per heavy atom. The van der Waals surface area contributed by atoms with Crippen LogP contribution in [0.3, 0.4) is 0 Å². The van der Waals surface area contributed by atoms with Crippen molar-refractivity contribution in [1.82, 2.24) is 9.03 Å². The third-order valence-corrected chi connectivity index (χ3v) is 5.50. The van der Waals surface area contributed by atoms with Gasteiger partial charge in [-0.05, 0) is 31.2 Å². The topological polar surface area (TPSA) is 49.4 Å². The van der Waals surface area contributed by atoms with E-state index < -0.39 is 10.2 Å². The van der Waals surface area contributed by atoms with Crippen LogP contribution in [0.4, 0.5) is 0 Å². The van der Waals surface area contributed by atoms with Crippen LogP contribution in [-0.4, -0.2) is 25.8 Å². The largest absolute Gasteiger partial charge is 0.280 e. The van der Waals surface area contributed by atoms with E-state index in [9.17, 15) is 8.42 Å². The maximum Gasteiger partial charge on any atom is 0.280 e. The first-order valence-corrected chi connectivity index (χ1v) is 7.91. The van der Waals surface area contributed by atoms with Crippen LogP contribution in [0.5, 0.6) is 0 Å². The molecule has 98 valence electrons. The molecule has 1 saturated heterocycles. The highest BCUT2D eigenvalue weighted by Crippen LogP contribution is 2.46. The summed E-state index contributed by atoms with van der Waals surface area (Å²) in [6.45, 7) is 1.31. The number of hydrogen-bond acceptors (Lipinski definition) is 2. The van der Waals surface area contributed by atoms with Crippen molar-refractivity contribution < 1.29 is 8.42 Å². The highest BCUT2D eigenvalue weighted by atomic mass is 32.2. The summed E-state index contributed by atoms with van der Waals surface area (Å²) < 4.78 is 29.0. The Bertz CT molecular complexity index is 517. The summed E-state index contributed by atoms with van der Waals surface area (Å²) in [6.07, 6.45) is 3.73. The van der Waals surface area contributed by atoms with Gasteiger partial charge < -0.3 is 0 Å². The zero-order valence-electron chi connectivity index (χ0n) is 10.3. The van der Waals surface area contributed by atoms with Crippen molar-refractivity contribution in [2.24, 2.45) is 0 Å². The summed E-state index contributed by atoms with van der Waals surface area (Å²) in [5.41, 5.74) is 0.732. The smallest absolute Gasteiger partial charge is 0.195 e. The van der Waals surface area contributed by atoms with Crippen LogP contribution in [0, 0.1) is 0 Å². The van der Waals surface area contributed by atoms with Crippen molar-refractivity contribution in [2.45, 2.75) is 31.2 Å². The molecule has 0 unspecified atom stereocenters. The SMILES string of the molecule is O=S(=O)(NC1(c2ccccc2)CC1)N1CCCC1. The molecule has 1 aliphatic carbocycles. The Hall–Kier alpha value is -0.910. The lowest BCUT2D eigenvalue weighted by molar-refractivity contribution is 0.450. The second-order valence-corrected chi connectivity index (χ2v) is 6.83. The van der Waals surface area contributed by atoms with Crippen molar-refractivity contribution in [3.05, 3.63) is 35.9 Å². The van der Waals surface area contributed by atoms with E-state index >= 15 is 0 Å². The van der Waals surface area contributed by atoms with Gasteiger partial charge in [-0.2, -0.15) is 17.4 Å². The monoisotopic (exact) mass is 266 g/mol. The molecule has 1 N–H and O–H groups in total. The van der Waals surface area contributed by atoms with E-state index in [2.05, 4.69) is 4.72 Å². The summed E-state index contributed by atoms with van der Waals surface area (Å²) >= 11 is 0. The lowest BCUT2D eigenvalue weighted by Crippen LogP contribution is -2.44. The highest BCUT2D eigenvalue weighted by molar-refractivity contribution is 7.87. The van der Waals surface area contributed by atoms with E-state index in [1.807, 2.05) is 30.3 Å². The second-order valence-electron chi connectivity index (χ2n) is 5.16. The normalized spacial score (nSPS) is 23.1. The lowest BCUT2D eigenvalue weighted by Gasteiger charge is -2.22. The van der Waals surface area contributed by atoms with Crippen LogP contribution in [-0.2, 0) is 15.7 Å². The first kappa shape index (κ1) is 12.1. The molecule has 1 aromatic carbocycles. The molecular weight excluding hydrogens is 248 g/mol. The summed E-state index contributed by atoms with van der Waals surface area (Å²) in [7, 11) is -3.32. The van der Waals surface area contributed by atoms with Gasteiger partial charge in [0.1, 0.15) is 0 Å². The molecule has 1 aromatic rings. The number of benzene rings is 1. The molecule has 1 saturated carbocycles. The molecule has 5 heteroatoms. The van der Waals surface area contributed by atoms with Gasteiger partial charge in [0.25, 0.3) is 10.2 Å². The maximum absolute atomic E-state index is 12.3. The summed E-state index contributed by atoms with van der Waals surface area (Å²) in [6, 6.07) is 9.87. The Morgan fingerprint density at radius 2 is 1.67 bits per heavy atom. The quantitative estimate of drug-likeness (QED) is 0.900. The molecule has 0 bridgehead atoms. The minimum atomic E-state index is -3.32. The van der Waals surface area contributed by atoms with Crippen LogP contribution in [0.2, 0.25) is 0 Å². The number of nitrogens with zero attached hydrogens (tertiary/aromatic N) is 1. The van der Waals surface area contributed by atoms with E-state index in [1.54, 1.807) is 4.31 Å². The first-order chi connectivity index (χ1) is 8.62. The van der Waals surface area contributed by atoms with Gasteiger partial charge in [0, 0.05) is 13.1 Å². The van der Waals surface area contributed by atoms with Gasteiger partial charge in [-0.25, -0.2) is 0 Å². The van der Waals surface area contributed by atoms with Crippen LogP contribution >= 0.6 is 0 Å². The van der Waals surface area contributed by atoms with E-state index in [1.165, 1.54) is 0 Å². The van der Waals surface area contributed by atoms with Crippen LogP contribution in [0.1, 0.15) is 31.2 Å². The average Bonchev–Trinajstić information content (AvgIpc) is 2.94. The fourth-order valence-corrected chi connectivity index (χ4v) is 4.26. The fourth-order valence-electron chi connectivity index (χ4n) is 2.57. The predicted molar refractivity (Wildman–Crippen MR) is 70.2 cm³/mol. The molecule has 1 aliphatic heterocycles. The molecule has 0 spiro atoms. The predicted octanol–water partition coefficient (Wildman–Crippen LogP) is 1.61. The molecule has 0 amide bonds. The van der Waals surface area contributed by atoms with E-state index in [4.69, 9.17) is 0 Å². The minimum absolute atomic E-state index is 0.345. The minimum Gasteiger partial charge on any atom is -0.195 e. The molecule has 2 fully saturated rings. The maximum atomic E-state index is 12.3. The number of nitrogens with one attached hydrogen (secondary N) is 1. The average molecular weight is 266 g/mol. The fraction of sp³-hybridized carbons (Fsp3) is 0.538. The van der Waals surface area contributed by atoms with E-state index in [0.717, 1.165) is 31.2 Å². The zero-order valence-corrected chi connectivity index (χ0v) is 11.1. The molecule has 18 heavy (non-hydrogen) atoms. The third-order valence-electron chi connectivity index (χ3n) is 3.81. The molecule has 0 radical (unpaired) electrons. The third kappa shape index (κ3) is 2.18. The van der Waals surface area contributed by atoms with E-state index in [0.29, 0.717) is 13.1 Å². The standard InChI is InChI=1S/C13H18N2O2S/c16-18(17,15-10-4-5-11-15)14-13(8-9-13)12-6-2-1-3-7-12/h1-3,6-7,14H,4-5,8-11H2. The summed E-state index contributed by atoms with van der Waals surface area (Å²) in [5.74, 6) is 0. The van der Waals surface area contributed by atoms with Gasteiger partial charge in [0.15, 0.2) is 0 Å². The van der Waals surface area contributed by atoms with Crippen LogP contribution in [0.15, 0.2) is 30.3 Å². The highest BCUT2D eigenvalue weighted by Gasteiger charge is 2.48. The van der Waals surface area contributed by atoms with E-state index in [-0.39, 0.29) is 5.54 Å². The van der Waals surface area contributed by atoms with Gasteiger partial charge in [-0.15, -0.1) is 0 Å². The molecule has 1 heterocycles. The van der Waals surface area contributed by atoms with Crippen molar-refractivity contribution in [1.29, 1.82) is 0 Å². The van der Waals surface area contributed by atoms with Crippen molar-refractivity contribution in [3.63, 3.8) is 0 Å². The Labute approximate surface area is 108 Å². The van der Waals surface area contributed by atoms with Gasteiger partial charge in [0.05, 0.1) is 5.54 Å². The number of hydrogen-bond donors (Lipinski definition) is 1. The molecule has 3 rings (SSSR count). The summed E-state index contributed by atoms with van der Waals surface area (Å²) in [5, 5.41) is 0. The Morgan fingerprint density at radius 3 is 2.22 bits per heavy atom. The second kappa shape index (κ2) is 4.33. The zero-order chi connectivity index (χ0) is 12.6. The van der Waals surface area contributed by atoms with Gasteiger partial charge in [-0.3, -0.25) is 0 Å². The number of rotatable bonds is 4. The first-order valence-electron chi connectivity index (χ1n) is 6.47. The molecule has 4 nitrogen and oxygen atoms in total. The van der Waals surface area contributed by atoms with Crippen LogP contribution in [0.25, 0.3) is 0 Å². The Kier molecular flexibility index (Phi) is 2.92. The van der Waals surface area contributed by atoms with Crippen LogP contribution < -0.4 is 4.72 Å². The summed E-state index contributed by atoms with van der Waals surface area (Å²) in [4.78, 5) is 0. The van der Waals surface area contributed by atoms with Crippen molar-refractivity contribution in [2.75, 3.05) is 13.1 Å². The molecule has 0 atom stereocenters. The molecule has 2 aliphatic rings.